The molecule has 1 aromatic carbocycles. The number of pyridine rings is 1. The zero-order valence-electron chi connectivity index (χ0n) is 10.4. The molecule has 0 aliphatic heterocycles. The molecule has 0 spiro atoms. The van der Waals surface area contributed by atoms with Crippen LogP contribution in [-0.2, 0) is 0 Å². The van der Waals surface area contributed by atoms with E-state index in [0.717, 1.165) is 5.56 Å². The Hall–Kier alpha value is -2.31. The number of aromatic carboxylic acids is 1. The molecule has 0 aliphatic carbocycles. The smallest absolute Gasteiger partial charge is 0.354 e. The highest BCUT2D eigenvalue weighted by molar-refractivity contribution is 6.42. The summed E-state index contributed by atoms with van der Waals surface area (Å²) in [5, 5.41) is 13.9. The molecule has 0 fully saturated rings. The van der Waals surface area contributed by atoms with Crippen molar-refractivity contribution in [3.8, 4) is 11.1 Å². The van der Waals surface area contributed by atoms with E-state index >= 15 is 0 Å². The molecule has 6 nitrogen and oxygen atoms in total. The Balaban J connectivity index is 2.31. The molecule has 0 atom stereocenters. The Bertz CT molecular complexity index is 876. The lowest BCUT2D eigenvalue weighted by molar-refractivity contribution is 0.0687. The minimum absolute atomic E-state index is 0.00925. The van der Waals surface area contributed by atoms with Gasteiger partial charge in [0.25, 0.3) is 0 Å². The molecule has 0 saturated carbocycles. The van der Waals surface area contributed by atoms with Gasteiger partial charge < -0.3 is 10.8 Å². The lowest BCUT2D eigenvalue weighted by Crippen LogP contribution is -2.07. The van der Waals surface area contributed by atoms with Crippen molar-refractivity contribution in [2.45, 2.75) is 0 Å². The van der Waals surface area contributed by atoms with Crippen LogP contribution >= 0.6 is 23.2 Å². The maximum Gasteiger partial charge on any atom is 0.354 e. The number of nitrogens with zero attached hydrogens (tertiary/aromatic N) is 3. The largest absolute Gasteiger partial charge is 0.477 e. The van der Waals surface area contributed by atoms with Gasteiger partial charge in [-0.25, -0.2) is 9.31 Å². The molecule has 21 heavy (non-hydrogen) atoms. The Labute approximate surface area is 128 Å². The van der Waals surface area contributed by atoms with Crippen molar-refractivity contribution in [1.29, 1.82) is 0 Å². The second-order valence-electron chi connectivity index (χ2n) is 4.27. The first kappa shape index (κ1) is 13.7. The number of nitrogens with two attached hydrogens (primary N) is 1. The third kappa shape index (κ3) is 2.28. The molecule has 3 rings (SSSR count). The van der Waals surface area contributed by atoms with Gasteiger partial charge in [-0.1, -0.05) is 29.3 Å². The van der Waals surface area contributed by atoms with Gasteiger partial charge in [-0.2, -0.15) is 4.98 Å². The molecule has 2 aromatic heterocycles. The molecule has 0 aliphatic rings. The normalized spacial score (nSPS) is 11.0. The molecule has 3 N–H and O–H groups in total. The summed E-state index contributed by atoms with van der Waals surface area (Å²) in [7, 11) is 0. The third-order valence-corrected chi connectivity index (χ3v) is 3.69. The SMILES string of the molecule is Nc1nc2c(-c3ccc(Cl)c(Cl)c3)ccc(C(=O)O)n2n1. The first-order valence-corrected chi connectivity index (χ1v) is 6.57. The fourth-order valence-corrected chi connectivity index (χ4v) is 2.33. The number of carboxylic acids is 1. The van der Waals surface area contributed by atoms with Crippen LogP contribution in [0.5, 0.6) is 0 Å². The summed E-state index contributed by atoms with van der Waals surface area (Å²) in [4.78, 5) is 15.3. The quantitative estimate of drug-likeness (QED) is 0.756. The molecule has 0 bridgehead atoms. The first-order chi connectivity index (χ1) is 9.97. The van der Waals surface area contributed by atoms with Gasteiger partial charge in [0.1, 0.15) is 0 Å². The van der Waals surface area contributed by atoms with Gasteiger partial charge in [0.2, 0.25) is 5.95 Å². The highest BCUT2D eigenvalue weighted by Crippen LogP contribution is 2.31. The third-order valence-electron chi connectivity index (χ3n) is 2.95. The number of aromatic nitrogens is 3. The first-order valence-electron chi connectivity index (χ1n) is 5.81. The van der Waals surface area contributed by atoms with Crippen molar-refractivity contribution >= 4 is 40.8 Å². The lowest BCUT2D eigenvalue weighted by Gasteiger charge is -2.06. The van der Waals surface area contributed by atoms with Gasteiger partial charge in [-0.3, -0.25) is 0 Å². The molecule has 106 valence electrons. The van der Waals surface area contributed by atoms with Crippen LogP contribution in [0.25, 0.3) is 16.8 Å². The van der Waals surface area contributed by atoms with Crippen molar-refractivity contribution in [1.82, 2.24) is 14.6 Å². The highest BCUT2D eigenvalue weighted by Gasteiger charge is 2.16. The molecule has 0 unspecified atom stereocenters. The summed E-state index contributed by atoms with van der Waals surface area (Å²) >= 11 is 11.9. The summed E-state index contributed by atoms with van der Waals surface area (Å²) in [6.45, 7) is 0. The van der Waals surface area contributed by atoms with E-state index in [-0.39, 0.29) is 11.6 Å². The maximum absolute atomic E-state index is 11.2. The van der Waals surface area contributed by atoms with Crippen LogP contribution < -0.4 is 5.73 Å². The summed E-state index contributed by atoms with van der Waals surface area (Å²) in [5.41, 5.74) is 7.28. The zero-order valence-corrected chi connectivity index (χ0v) is 11.9. The molecule has 8 heteroatoms. The van der Waals surface area contributed by atoms with Gasteiger partial charge in [0, 0.05) is 5.56 Å². The number of rotatable bonds is 2. The van der Waals surface area contributed by atoms with Gasteiger partial charge >= 0.3 is 5.97 Å². The number of fused-ring (bicyclic) bond motifs is 1. The van der Waals surface area contributed by atoms with Crippen molar-refractivity contribution in [2.75, 3.05) is 5.73 Å². The van der Waals surface area contributed by atoms with Crippen LogP contribution in [0, 0.1) is 0 Å². The van der Waals surface area contributed by atoms with Crippen molar-refractivity contribution in [2.24, 2.45) is 0 Å². The number of carboxylic acid groups (broad SMARTS) is 1. The van der Waals surface area contributed by atoms with Gasteiger partial charge in [-0.05, 0) is 29.8 Å². The number of halogens is 2. The number of hydrogen-bond acceptors (Lipinski definition) is 4. The molecular weight excluding hydrogens is 315 g/mol. The average molecular weight is 323 g/mol. The molecular formula is C13H8Cl2N4O2. The molecule has 3 aromatic rings. The van der Waals surface area contributed by atoms with E-state index in [0.29, 0.717) is 21.3 Å². The van der Waals surface area contributed by atoms with E-state index in [4.69, 9.17) is 34.0 Å². The summed E-state index contributed by atoms with van der Waals surface area (Å²) in [6, 6.07) is 8.15. The predicted molar refractivity (Wildman–Crippen MR) is 79.8 cm³/mol. The van der Waals surface area contributed by atoms with Crippen molar-refractivity contribution < 1.29 is 9.90 Å². The van der Waals surface area contributed by atoms with Crippen LogP contribution in [0.3, 0.4) is 0 Å². The van der Waals surface area contributed by atoms with E-state index in [1.165, 1.54) is 10.6 Å². The molecule has 0 saturated heterocycles. The highest BCUT2D eigenvalue weighted by atomic mass is 35.5. The van der Waals surface area contributed by atoms with Crippen LogP contribution in [-0.4, -0.2) is 25.7 Å². The van der Waals surface area contributed by atoms with Crippen LogP contribution in [0.4, 0.5) is 5.95 Å². The second-order valence-corrected chi connectivity index (χ2v) is 5.09. The van der Waals surface area contributed by atoms with E-state index in [9.17, 15) is 4.79 Å². The van der Waals surface area contributed by atoms with Gasteiger partial charge in [-0.15, -0.1) is 5.10 Å². The maximum atomic E-state index is 11.2. The van der Waals surface area contributed by atoms with Crippen molar-refractivity contribution in [3.05, 3.63) is 46.1 Å². The molecule has 0 radical (unpaired) electrons. The predicted octanol–water partition coefficient (Wildman–Crippen LogP) is 2.98. The topological polar surface area (TPSA) is 93.5 Å². The Morgan fingerprint density at radius 3 is 2.62 bits per heavy atom. The van der Waals surface area contributed by atoms with Crippen LogP contribution in [0.2, 0.25) is 10.0 Å². The minimum Gasteiger partial charge on any atom is -0.477 e. The standard InChI is InChI=1S/C13H8Cl2N4O2/c14-8-3-1-6(5-9(8)15)7-2-4-10(12(20)21)19-11(7)17-13(16)18-19/h1-5H,(H2,16,18)(H,20,21). The molecule has 2 heterocycles. The number of hydrogen-bond donors (Lipinski definition) is 2. The number of anilines is 1. The summed E-state index contributed by atoms with van der Waals surface area (Å²) in [6.07, 6.45) is 0. The number of benzene rings is 1. The minimum atomic E-state index is -1.12. The van der Waals surface area contributed by atoms with E-state index < -0.39 is 5.97 Å². The Morgan fingerprint density at radius 2 is 1.95 bits per heavy atom. The van der Waals surface area contributed by atoms with E-state index in [2.05, 4.69) is 10.1 Å². The zero-order chi connectivity index (χ0) is 15.1. The fourth-order valence-electron chi connectivity index (χ4n) is 2.03. The Morgan fingerprint density at radius 1 is 1.19 bits per heavy atom. The van der Waals surface area contributed by atoms with Gasteiger partial charge in [0.15, 0.2) is 11.3 Å². The van der Waals surface area contributed by atoms with Crippen molar-refractivity contribution in [3.63, 3.8) is 0 Å². The molecule has 0 amide bonds. The summed E-state index contributed by atoms with van der Waals surface area (Å²) in [5.74, 6) is -1.13. The second kappa shape index (κ2) is 4.91. The fraction of sp³-hybridized carbons (Fsp3) is 0. The van der Waals surface area contributed by atoms with E-state index in [1.807, 2.05) is 0 Å². The van der Waals surface area contributed by atoms with Crippen LogP contribution in [0.15, 0.2) is 30.3 Å². The van der Waals surface area contributed by atoms with Crippen LogP contribution in [0.1, 0.15) is 10.5 Å². The van der Waals surface area contributed by atoms with E-state index in [1.54, 1.807) is 24.3 Å². The lowest BCUT2D eigenvalue weighted by atomic mass is 10.1. The monoisotopic (exact) mass is 322 g/mol. The Kier molecular flexibility index (Phi) is 3.19. The number of carbonyl (C=O) groups is 1. The summed E-state index contributed by atoms with van der Waals surface area (Å²) < 4.78 is 1.19. The van der Waals surface area contributed by atoms with Gasteiger partial charge in [0.05, 0.1) is 10.0 Å². The number of nitrogen functional groups attached to an aromatic ring is 1. The average Bonchev–Trinajstić information content (AvgIpc) is 2.81.